The van der Waals surface area contributed by atoms with Gasteiger partial charge in [-0.05, 0) is 37.5 Å². The third kappa shape index (κ3) is 3.22. The van der Waals surface area contributed by atoms with Crippen molar-refractivity contribution in [2.45, 2.75) is 33.4 Å². The van der Waals surface area contributed by atoms with Gasteiger partial charge in [-0.25, -0.2) is 0 Å². The summed E-state index contributed by atoms with van der Waals surface area (Å²) in [6, 6.07) is 4.01. The molecule has 0 fully saturated rings. The fourth-order valence-corrected chi connectivity index (χ4v) is 1.50. The lowest BCUT2D eigenvalue weighted by Crippen LogP contribution is -2.28. The molecule has 1 aromatic rings. The largest absolute Gasteiger partial charge is 0.507 e. The van der Waals surface area contributed by atoms with Crippen LogP contribution in [0, 0.1) is 13.8 Å². The van der Waals surface area contributed by atoms with Gasteiger partial charge in [-0.2, -0.15) is 0 Å². The summed E-state index contributed by atoms with van der Waals surface area (Å²) in [6.45, 7) is 6.56. The summed E-state index contributed by atoms with van der Waals surface area (Å²) in [4.78, 5) is 0. The van der Waals surface area contributed by atoms with Gasteiger partial charge in [0.1, 0.15) is 5.75 Å². The van der Waals surface area contributed by atoms with Gasteiger partial charge in [0.05, 0.1) is 6.61 Å². The third-order valence-electron chi connectivity index (χ3n) is 2.48. The van der Waals surface area contributed by atoms with Crippen molar-refractivity contribution in [1.82, 2.24) is 5.32 Å². The van der Waals surface area contributed by atoms with Gasteiger partial charge in [0, 0.05) is 12.6 Å². The molecule has 0 heterocycles. The zero-order valence-corrected chi connectivity index (χ0v) is 9.54. The number of aromatic hydroxyl groups is 1. The van der Waals surface area contributed by atoms with Crippen LogP contribution in [0.3, 0.4) is 0 Å². The molecule has 0 aliphatic heterocycles. The van der Waals surface area contributed by atoms with E-state index in [1.165, 1.54) is 0 Å². The molecule has 0 aromatic heterocycles. The first-order valence-electron chi connectivity index (χ1n) is 5.18. The normalized spacial score (nSPS) is 12.8. The summed E-state index contributed by atoms with van der Waals surface area (Å²) in [5, 5.41) is 21.6. The van der Waals surface area contributed by atoms with E-state index >= 15 is 0 Å². The number of hydrogen-bond donors (Lipinski definition) is 3. The lowest BCUT2D eigenvalue weighted by atomic mass is 10.1. The number of aliphatic hydroxyl groups excluding tert-OH is 1. The first-order valence-corrected chi connectivity index (χ1v) is 5.18. The molecule has 3 heteroatoms. The van der Waals surface area contributed by atoms with E-state index in [-0.39, 0.29) is 12.6 Å². The molecule has 1 atom stereocenters. The van der Waals surface area contributed by atoms with Gasteiger partial charge in [-0.15, -0.1) is 0 Å². The lowest BCUT2D eigenvalue weighted by Gasteiger charge is -2.12. The average Bonchev–Trinajstić information content (AvgIpc) is 2.22. The SMILES string of the molecule is Cc1cc(CN[C@H](C)CO)cc(C)c1O. The summed E-state index contributed by atoms with van der Waals surface area (Å²) in [6.07, 6.45) is 0. The van der Waals surface area contributed by atoms with Crippen LogP contribution in [0.25, 0.3) is 0 Å². The average molecular weight is 209 g/mol. The van der Waals surface area contributed by atoms with Gasteiger partial charge >= 0.3 is 0 Å². The molecule has 0 aliphatic carbocycles. The van der Waals surface area contributed by atoms with Crippen molar-refractivity contribution in [3.8, 4) is 5.75 Å². The zero-order chi connectivity index (χ0) is 11.4. The molecule has 84 valence electrons. The van der Waals surface area contributed by atoms with Crippen molar-refractivity contribution in [3.05, 3.63) is 28.8 Å². The molecule has 0 saturated heterocycles. The molecule has 0 unspecified atom stereocenters. The predicted octanol–water partition coefficient (Wildman–Crippen LogP) is 1.48. The molecule has 0 spiro atoms. The van der Waals surface area contributed by atoms with Crippen molar-refractivity contribution >= 4 is 0 Å². The molecule has 1 rings (SSSR count). The Morgan fingerprint density at radius 2 is 1.80 bits per heavy atom. The Morgan fingerprint density at radius 1 is 1.27 bits per heavy atom. The molecule has 0 saturated carbocycles. The standard InChI is InChI=1S/C12H19NO2/c1-8-4-11(5-9(2)12(8)15)6-13-10(3)7-14/h4-5,10,13-15H,6-7H2,1-3H3/t10-/m1/s1. The Kier molecular flexibility index (Phi) is 4.12. The van der Waals surface area contributed by atoms with E-state index in [1.54, 1.807) is 0 Å². The maximum absolute atomic E-state index is 9.59. The van der Waals surface area contributed by atoms with Crippen LogP contribution < -0.4 is 5.32 Å². The molecular weight excluding hydrogens is 190 g/mol. The van der Waals surface area contributed by atoms with Gasteiger partial charge in [0.2, 0.25) is 0 Å². The van der Waals surface area contributed by atoms with Gasteiger partial charge in [-0.1, -0.05) is 12.1 Å². The van der Waals surface area contributed by atoms with Crippen molar-refractivity contribution in [2.24, 2.45) is 0 Å². The number of aliphatic hydroxyl groups is 1. The number of rotatable bonds is 4. The van der Waals surface area contributed by atoms with Crippen molar-refractivity contribution in [3.63, 3.8) is 0 Å². The summed E-state index contributed by atoms with van der Waals surface area (Å²) in [5.41, 5.74) is 2.91. The van der Waals surface area contributed by atoms with Gasteiger partial charge in [0.15, 0.2) is 0 Å². The Bertz CT molecular complexity index is 313. The molecule has 0 radical (unpaired) electrons. The van der Waals surface area contributed by atoms with Crippen LogP contribution in [0.5, 0.6) is 5.75 Å². The van der Waals surface area contributed by atoms with Crippen LogP contribution in [-0.2, 0) is 6.54 Å². The fraction of sp³-hybridized carbons (Fsp3) is 0.500. The Hall–Kier alpha value is -1.06. The quantitative estimate of drug-likeness (QED) is 0.704. The second kappa shape index (κ2) is 5.14. The Labute approximate surface area is 90.8 Å². The number of phenols is 1. The van der Waals surface area contributed by atoms with Crippen LogP contribution >= 0.6 is 0 Å². The minimum atomic E-state index is 0.0967. The van der Waals surface area contributed by atoms with Gasteiger partial charge in [0.25, 0.3) is 0 Å². The molecule has 15 heavy (non-hydrogen) atoms. The van der Waals surface area contributed by atoms with Crippen LogP contribution in [0.15, 0.2) is 12.1 Å². The predicted molar refractivity (Wildman–Crippen MR) is 61.0 cm³/mol. The van der Waals surface area contributed by atoms with E-state index in [0.29, 0.717) is 12.3 Å². The highest BCUT2D eigenvalue weighted by Crippen LogP contribution is 2.22. The lowest BCUT2D eigenvalue weighted by molar-refractivity contribution is 0.251. The number of phenolic OH excluding ortho intramolecular Hbond substituents is 1. The monoisotopic (exact) mass is 209 g/mol. The first kappa shape index (κ1) is 12.0. The van der Waals surface area contributed by atoms with Crippen LogP contribution in [0.1, 0.15) is 23.6 Å². The van der Waals surface area contributed by atoms with E-state index in [0.717, 1.165) is 16.7 Å². The number of hydrogen-bond acceptors (Lipinski definition) is 3. The van der Waals surface area contributed by atoms with Crippen molar-refractivity contribution < 1.29 is 10.2 Å². The Balaban J connectivity index is 2.70. The minimum Gasteiger partial charge on any atom is -0.507 e. The molecule has 0 bridgehead atoms. The van der Waals surface area contributed by atoms with E-state index in [9.17, 15) is 5.11 Å². The van der Waals surface area contributed by atoms with E-state index < -0.39 is 0 Å². The molecular formula is C12H19NO2. The zero-order valence-electron chi connectivity index (χ0n) is 9.54. The topological polar surface area (TPSA) is 52.5 Å². The first-order chi connectivity index (χ1) is 7.04. The summed E-state index contributed by atoms with van der Waals surface area (Å²) in [7, 11) is 0. The maximum Gasteiger partial charge on any atom is 0.121 e. The fourth-order valence-electron chi connectivity index (χ4n) is 1.50. The molecule has 3 N–H and O–H groups in total. The van der Waals surface area contributed by atoms with E-state index in [1.807, 2.05) is 32.9 Å². The van der Waals surface area contributed by atoms with Crippen molar-refractivity contribution in [2.75, 3.05) is 6.61 Å². The molecule has 0 amide bonds. The summed E-state index contributed by atoms with van der Waals surface area (Å²) >= 11 is 0. The highest BCUT2D eigenvalue weighted by Gasteiger charge is 2.04. The van der Waals surface area contributed by atoms with Gasteiger partial charge in [-0.3, -0.25) is 0 Å². The minimum absolute atomic E-state index is 0.0967. The summed E-state index contributed by atoms with van der Waals surface area (Å²) < 4.78 is 0. The molecule has 0 aliphatic rings. The van der Waals surface area contributed by atoms with E-state index in [2.05, 4.69) is 5.32 Å². The van der Waals surface area contributed by atoms with Crippen LogP contribution in [-0.4, -0.2) is 22.9 Å². The second-order valence-electron chi connectivity index (χ2n) is 4.04. The number of nitrogens with one attached hydrogen (secondary N) is 1. The highest BCUT2D eigenvalue weighted by molar-refractivity contribution is 5.42. The third-order valence-corrected chi connectivity index (χ3v) is 2.48. The van der Waals surface area contributed by atoms with Crippen LogP contribution in [0.2, 0.25) is 0 Å². The van der Waals surface area contributed by atoms with Gasteiger partial charge < -0.3 is 15.5 Å². The highest BCUT2D eigenvalue weighted by atomic mass is 16.3. The van der Waals surface area contributed by atoms with Crippen LogP contribution in [0.4, 0.5) is 0 Å². The molecule has 3 nitrogen and oxygen atoms in total. The second-order valence-corrected chi connectivity index (χ2v) is 4.04. The maximum atomic E-state index is 9.59. The van der Waals surface area contributed by atoms with E-state index in [4.69, 9.17) is 5.11 Å². The number of aryl methyl sites for hydroxylation is 2. The van der Waals surface area contributed by atoms with Crippen molar-refractivity contribution in [1.29, 1.82) is 0 Å². The molecule has 1 aromatic carbocycles. The summed E-state index contributed by atoms with van der Waals surface area (Å²) in [5.74, 6) is 0.369. The Morgan fingerprint density at radius 3 is 2.27 bits per heavy atom. The number of benzene rings is 1. The smallest absolute Gasteiger partial charge is 0.121 e.